The quantitative estimate of drug-likeness (QED) is 0.559. The Morgan fingerprint density at radius 2 is 2.40 bits per heavy atom. The molecule has 0 fully saturated rings. The lowest BCUT2D eigenvalue weighted by atomic mass is 10.2. The molecule has 0 saturated heterocycles. The highest BCUT2D eigenvalue weighted by molar-refractivity contribution is 5.28. The van der Waals surface area contributed by atoms with Crippen molar-refractivity contribution in [2.24, 2.45) is 0 Å². The summed E-state index contributed by atoms with van der Waals surface area (Å²) in [5.41, 5.74) is 1.00. The maximum atomic E-state index is 10.7. The predicted molar refractivity (Wildman–Crippen MR) is 36.3 cm³/mol. The molecule has 0 unspecified atom stereocenters. The number of H-pyrrole nitrogens is 1. The molecule has 1 aromatic rings. The SMILES string of the molecule is O=c1ccc2c([nH]1)OCC2. The summed E-state index contributed by atoms with van der Waals surface area (Å²) in [6.45, 7) is 0.690. The van der Waals surface area contributed by atoms with E-state index in [1.165, 1.54) is 6.07 Å². The molecule has 0 aromatic carbocycles. The highest BCUT2D eigenvalue weighted by Crippen LogP contribution is 2.18. The van der Waals surface area contributed by atoms with Crippen LogP contribution in [0.2, 0.25) is 0 Å². The molecule has 10 heavy (non-hydrogen) atoms. The third-order valence-corrected chi connectivity index (χ3v) is 1.58. The molecule has 1 N–H and O–H groups in total. The number of pyridine rings is 1. The molecule has 0 radical (unpaired) electrons. The fourth-order valence-electron chi connectivity index (χ4n) is 1.07. The van der Waals surface area contributed by atoms with Crippen molar-refractivity contribution in [2.45, 2.75) is 6.42 Å². The number of nitrogens with one attached hydrogen (secondary N) is 1. The standard InChI is InChI=1S/C7H7NO2/c9-6-2-1-5-3-4-10-7(5)8-6/h1-2H,3-4H2,(H,8,9). The average Bonchev–Trinajstić information content (AvgIpc) is 2.33. The van der Waals surface area contributed by atoms with Gasteiger partial charge in [0.25, 0.3) is 5.56 Å². The van der Waals surface area contributed by atoms with Crippen molar-refractivity contribution in [3.05, 3.63) is 28.0 Å². The topological polar surface area (TPSA) is 42.1 Å². The van der Waals surface area contributed by atoms with Crippen LogP contribution in [0.3, 0.4) is 0 Å². The van der Waals surface area contributed by atoms with E-state index >= 15 is 0 Å². The summed E-state index contributed by atoms with van der Waals surface area (Å²) >= 11 is 0. The molecule has 1 aliphatic heterocycles. The van der Waals surface area contributed by atoms with Crippen LogP contribution in [-0.2, 0) is 6.42 Å². The van der Waals surface area contributed by atoms with Gasteiger partial charge >= 0.3 is 0 Å². The summed E-state index contributed by atoms with van der Waals surface area (Å²) in [5, 5.41) is 0. The second kappa shape index (κ2) is 1.87. The first-order valence-corrected chi connectivity index (χ1v) is 3.21. The molecular weight excluding hydrogens is 130 g/mol. The predicted octanol–water partition coefficient (Wildman–Crippen LogP) is 0.310. The van der Waals surface area contributed by atoms with Gasteiger partial charge in [-0.3, -0.25) is 9.78 Å². The van der Waals surface area contributed by atoms with Crippen LogP contribution in [0.4, 0.5) is 0 Å². The smallest absolute Gasteiger partial charge is 0.250 e. The van der Waals surface area contributed by atoms with Gasteiger partial charge in [0.2, 0.25) is 0 Å². The molecule has 2 heterocycles. The number of aromatic amines is 1. The normalized spacial score (nSPS) is 14.4. The molecule has 0 aliphatic carbocycles. The lowest BCUT2D eigenvalue weighted by molar-refractivity contribution is 0.344. The maximum Gasteiger partial charge on any atom is 0.250 e. The Labute approximate surface area is 57.7 Å². The number of ether oxygens (including phenoxy) is 1. The molecule has 0 bridgehead atoms. The third-order valence-electron chi connectivity index (χ3n) is 1.58. The van der Waals surface area contributed by atoms with Gasteiger partial charge in [-0.15, -0.1) is 0 Å². The zero-order valence-corrected chi connectivity index (χ0v) is 5.39. The van der Waals surface area contributed by atoms with Gasteiger partial charge in [-0.05, 0) is 6.07 Å². The minimum Gasteiger partial charge on any atom is -0.478 e. The van der Waals surface area contributed by atoms with Gasteiger partial charge in [-0.1, -0.05) is 0 Å². The van der Waals surface area contributed by atoms with Crippen molar-refractivity contribution >= 4 is 0 Å². The second-order valence-corrected chi connectivity index (χ2v) is 2.28. The van der Waals surface area contributed by atoms with Crippen molar-refractivity contribution < 1.29 is 4.74 Å². The van der Waals surface area contributed by atoms with Gasteiger partial charge in [0.15, 0.2) is 5.88 Å². The minimum absolute atomic E-state index is 0.0966. The van der Waals surface area contributed by atoms with Gasteiger partial charge in [0.1, 0.15) is 0 Å². The number of hydrogen-bond donors (Lipinski definition) is 1. The Balaban J connectivity index is 2.63. The largest absolute Gasteiger partial charge is 0.478 e. The van der Waals surface area contributed by atoms with E-state index in [1.54, 1.807) is 6.07 Å². The molecule has 0 spiro atoms. The van der Waals surface area contributed by atoms with Crippen LogP contribution in [-0.4, -0.2) is 11.6 Å². The summed E-state index contributed by atoms with van der Waals surface area (Å²) in [7, 11) is 0. The van der Waals surface area contributed by atoms with Crippen molar-refractivity contribution in [1.82, 2.24) is 4.98 Å². The molecule has 3 nitrogen and oxygen atoms in total. The summed E-state index contributed by atoms with van der Waals surface area (Å²) in [5.74, 6) is 0.646. The molecule has 3 heteroatoms. The zero-order chi connectivity index (χ0) is 6.97. The fourth-order valence-corrected chi connectivity index (χ4v) is 1.07. The van der Waals surface area contributed by atoms with E-state index in [9.17, 15) is 4.79 Å². The van der Waals surface area contributed by atoms with Crippen LogP contribution >= 0.6 is 0 Å². The van der Waals surface area contributed by atoms with Crippen LogP contribution in [0.15, 0.2) is 16.9 Å². The molecule has 1 aliphatic rings. The fraction of sp³-hybridized carbons (Fsp3) is 0.286. The van der Waals surface area contributed by atoms with E-state index < -0.39 is 0 Å². The molecule has 0 saturated carbocycles. The highest BCUT2D eigenvalue weighted by atomic mass is 16.5. The van der Waals surface area contributed by atoms with Crippen LogP contribution in [0.1, 0.15) is 5.56 Å². The summed E-state index contributed by atoms with van der Waals surface area (Å²) in [4.78, 5) is 13.3. The van der Waals surface area contributed by atoms with Crippen molar-refractivity contribution in [3.63, 3.8) is 0 Å². The Kier molecular flexibility index (Phi) is 1.03. The first-order valence-electron chi connectivity index (χ1n) is 3.21. The van der Waals surface area contributed by atoms with E-state index in [2.05, 4.69) is 4.98 Å². The lowest BCUT2D eigenvalue weighted by Crippen LogP contribution is -2.03. The second-order valence-electron chi connectivity index (χ2n) is 2.28. The average molecular weight is 137 g/mol. The summed E-state index contributed by atoms with van der Waals surface area (Å²) in [6, 6.07) is 3.33. The van der Waals surface area contributed by atoms with Gasteiger partial charge < -0.3 is 4.74 Å². The van der Waals surface area contributed by atoms with Crippen molar-refractivity contribution in [3.8, 4) is 5.88 Å². The summed E-state index contributed by atoms with van der Waals surface area (Å²) in [6.07, 6.45) is 0.909. The van der Waals surface area contributed by atoms with E-state index in [1.807, 2.05) is 0 Å². The number of hydrogen-bond acceptors (Lipinski definition) is 2. The van der Waals surface area contributed by atoms with Crippen LogP contribution < -0.4 is 10.3 Å². The monoisotopic (exact) mass is 137 g/mol. The summed E-state index contributed by atoms with van der Waals surface area (Å²) < 4.78 is 5.12. The van der Waals surface area contributed by atoms with Crippen LogP contribution in [0.25, 0.3) is 0 Å². The van der Waals surface area contributed by atoms with E-state index in [4.69, 9.17) is 4.74 Å². The molecule has 0 amide bonds. The van der Waals surface area contributed by atoms with Gasteiger partial charge in [0.05, 0.1) is 6.61 Å². The number of fused-ring (bicyclic) bond motifs is 1. The van der Waals surface area contributed by atoms with E-state index in [0.29, 0.717) is 12.5 Å². The Hall–Kier alpha value is -1.25. The Morgan fingerprint density at radius 1 is 1.50 bits per heavy atom. The molecule has 1 aromatic heterocycles. The maximum absolute atomic E-state index is 10.7. The van der Waals surface area contributed by atoms with Gasteiger partial charge in [-0.2, -0.15) is 0 Å². The van der Waals surface area contributed by atoms with E-state index in [0.717, 1.165) is 12.0 Å². The lowest BCUT2D eigenvalue weighted by Gasteiger charge is -1.94. The highest BCUT2D eigenvalue weighted by Gasteiger charge is 2.10. The van der Waals surface area contributed by atoms with Crippen molar-refractivity contribution in [2.75, 3.05) is 6.61 Å². The van der Waals surface area contributed by atoms with Crippen molar-refractivity contribution in [1.29, 1.82) is 0 Å². The third kappa shape index (κ3) is 0.708. The molecular formula is C7H7NO2. The van der Waals surface area contributed by atoms with Gasteiger partial charge in [0, 0.05) is 18.1 Å². The Morgan fingerprint density at radius 3 is 3.30 bits per heavy atom. The minimum atomic E-state index is -0.0966. The Bertz CT molecular complexity index is 303. The van der Waals surface area contributed by atoms with E-state index in [-0.39, 0.29) is 5.56 Å². The van der Waals surface area contributed by atoms with Crippen LogP contribution in [0, 0.1) is 0 Å². The zero-order valence-electron chi connectivity index (χ0n) is 5.39. The van der Waals surface area contributed by atoms with Gasteiger partial charge in [-0.25, -0.2) is 0 Å². The first-order chi connectivity index (χ1) is 4.86. The number of rotatable bonds is 0. The first kappa shape index (κ1) is 5.53. The molecule has 0 atom stereocenters. The molecule has 2 rings (SSSR count). The number of aromatic nitrogens is 1. The van der Waals surface area contributed by atoms with Crippen LogP contribution in [0.5, 0.6) is 5.88 Å². The molecule has 52 valence electrons.